The van der Waals surface area contributed by atoms with Crippen LogP contribution in [0.4, 0.5) is 0 Å². The standard InChI is InChI=1S/C19H24N2O3S/c1-13-11-17(12-18(14(13)2)25(23,24)21(4)5)19(22)20-15(3)16-9-7-6-8-10-16/h6-12,15H,1-5H3,(H,20,22)/t15-/m0/s1. The zero-order valence-electron chi connectivity index (χ0n) is 15.2. The Morgan fingerprint density at radius 1 is 1.08 bits per heavy atom. The van der Waals surface area contributed by atoms with Crippen molar-refractivity contribution in [3.8, 4) is 0 Å². The largest absolute Gasteiger partial charge is 0.346 e. The summed E-state index contributed by atoms with van der Waals surface area (Å²) in [7, 11) is -0.652. The van der Waals surface area contributed by atoms with Gasteiger partial charge in [-0.05, 0) is 49.6 Å². The molecule has 134 valence electrons. The molecule has 0 aliphatic heterocycles. The minimum absolute atomic E-state index is 0.162. The van der Waals surface area contributed by atoms with Crippen molar-refractivity contribution in [1.29, 1.82) is 0 Å². The second kappa shape index (κ2) is 7.37. The third kappa shape index (κ3) is 4.08. The van der Waals surface area contributed by atoms with E-state index in [1.54, 1.807) is 19.9 Å². The molecule has 0 unspecified atom stereocenters. The Bertz CT molecular complexity index is 875. The molecule has 2 aromatic carbocycles. The number of hydrogen-bond donors (Lipinski definition) is 1. The first-order valence-electron chi connectivity index (χ1n) is 8.04. The molecule has 2 aromatic rings. The van der Waals surface area contributed by atoms with Gasteiger partial charge >= 0.3 is 0 Å². The lowest BCUT2D eigenvalue weighted by Crippen LogP contribution is -2.28. The van der Waals surface area contributed by atoms with Crippen LogP contribution in [0.2, 0.25) is 0 Å². The molecule has 1 atom stereocenters. The van der Waals surface area contributed by atoms with Crippen molar-refractivity contribution in [2.24, 2.45) is 0 Å². The molecular weight excluding hydrogens is 336 g/mol. The van der Waals surface area contributed by atoms with Crippen LogP contribution in [-0.2, 0) is 10.0 Å². The van der Waals surface area contributed by atoms with Gasteiger partial charge in [-0.2, -0.15) is 0 Å². The van der Waals surface area contributed by atoms with Crippen molar-refractivity contribution in [3.05, 3.63) is 64.7 Å². The Morgan fingerprint density at radius 3 is 2.24 bits per heavy atom. The predicted octanol–water partition coefficient (Wildman–Crippen LogP) is 3.04. The van der Waals surface area contributed by atoms with Crippen molar-refractivity contribution >= 4 is 15.9 Å². The first-order chi connectivity index (χ1) is 11.6. The summed E-state index contributed by atoms with van der Waals surface area (Å²) in [4.78, 5) is 12.8. The normalized spacial score (nSPS) is 12.9. The Labute approximate surface area is 149 Å². The molecular formula is C19H24N2O3S. The van der Waals surface area contributed by atoms with Crippen LogP contribution in [0.25, 0.3) is 0 Å². The number of amides is 1. The maximum Gasteiger partial charge on any atom is 0.251 e. The van der Waals surface area contributed by atoms with Crippen LogP contribution in [0.5, 0.6) is 0 Å². The summed E-state index contributed by atoms with van der Waals surface area (Å²) in [6.07, 6.45) is 0. The summed E-state index contributed by atoms with van der Waals surface area (Å²) in [5.41, 5.74) is 2.74. The molecule has 25 heavy (non-hydrogen) atoms. The lowest BCUT2D eigenvalue weighted by atomic mass is 10.0. The van der Waals surface area contributed by atoms with E-state index in [0.717, 1.165) is 15.4 Å². The van der Waals surface area contributed by atoms with E-state index in [0.29, 0.717) is 11.1 Å². The fourth-order valence-electron chi connectivity index (χ4n) is 2.53. The van der Waals surface area contributed by atoms with Crippen molar-refractivity contribution < 1.29 is 13.2 Å². The Morgan fingerprint density at radius 2 is 1.68 bits per heavy atom. The highest BCUT2D eigenvalue weighted by molar-refractivity contribution is 7.89. The van der Waals surface area contributed by atoms with Gasteiger partial charge < -0.3 is 5.32 Å². The topological polar surface area (TPSA) is 66.5 Å². The molecule has 0 fully saturated rings. The highest BCUT2D eigenvalue weighted by Gasteiger charge is 2.23. The molecule has 0 aliphatic carbocycles. The van der Waals surface area contributed by atoms with Gasteiger partial charge in [0.05, 0.1) is 10.9 Å². The van der Waals surface area contributed by atoms with Gasteiger partial charge in [-0.1, -0.05) is 30.3 Å². The number of carbonyl (C=O) groups excluding carboxylic acids is 1. The van der Waals surface area contributed by atoms with E-state index in [4.69, 9.17) is 0 Å². The fraction of sp³-hybridized carbons (Fsp3) is 0.316. The van der Waals surface area contributed by atoms with Gasteiger partial charge in [0, 0.05) is 19.7 Å². The third-order valence-electron chi connectivity index (χ3n) is 4.29. The summed E-state index contributed by atoms with van der Waals surface area (Å²) in [5, 5.41) is 2.92. The molecule has 0 aliphatic rings. The Hall–Kier alpha value is -2.18. The third-order valence-corrected chi connectivity index (χ3v) is 6.23. The monoisotopic (exact) mass is 360 g/mol. The van der Waals surface area contributed by atoms with E-state index in [-0.39, 0.29) is 16.8 Å². The molecule has 0 bridgehead atoms. The summed E-state index contributed by atoms with van der Waals surface area (Å²) >= 11 is 0. The van der Waals surface area contributed by atoms with Gasteiger partial charge in [-0.25, -0.2) is 12.7 Å². The van der Waals surface area contributed by atoms with Crippen LogP contribution < -0.4 is 5.32 Å². The molecule has 1 amide bonds. The van der Waals surface area contributed by atoms with E-state index in [1.165, 1.54) is 20.2 Å². The average molecular weight is 360 g/mol. The summed E-state index contributed by atoms with van der Waals surface area (Å²) < 4.78 is 26.2. The summed E-state index contributed by atoms with van der Waals surface area (Å²) in [6.45, 7) is 5.45. The number of nitrogens with one attached hydrogen (secondary N) is 1. The maximum absolute atomic E-state index is 12.6. The zero-order valence-corrected chi connectivity index (χ0v) is 16.0. The van der Waals surface area contributed by atoms with Gasteiger partial charge in [-0.15, -0.1) is 0 Å². The van der Waals surface area contributed by atoms with Crippen LogP contribution in [0, 0.1) is 13.8 Å². The SMILES string of the molecule is Cc1cc(C(=O)N[C@@H](C)c2ccccc2)cc(S(=O)(=O)N(C)C)c1C. The number of benzene rings is 2. The molecule has 2 rings (SSSR count). The van der Waals surface area contributed by atoms with E-state index in [2.05, 4.69) is 5.32 Å². The summed E-state index contributed by atoms with van der Waals surface area (Å²) in [5.74, 6) is -0.297. The maximum atomic E-state index is 12.6. The van der Waals surface area contributed by atoms with Gasteiger partial charge in [0.25, 0.3) is 5.91 Å². The van der Waals surface area contributed by atoms with Crippen LogP contribution in [0.1, 0.15) is 40.0 Å². The molecule has 6 heteroatoms. The molecule has 0 aromatic heterocycles. The first-order valence-corrected chi connectivity index (χ1v) is 9.48. The molecule has 0 radical (unpaired) electrons. The quantitative estimate of drug-likeness (QED) is 0.891. The zero-order chi connectivity index (χ0) is 18.8. The molecule has 0 spiro atoms. The predicted molar refractivity (Wildman–Crippen MR) is 99.1 cm³/mol. The highest BCUT2D eigenvalue weighted by atomic mass is 32.2. The van der Waals surface area contributed by atoms with E-state index < -0.39 is 10.0 Å². The number of rotatable bonds is 5. The Balaban J connectivity index is 2.37. The van der Waals surface area contributed by atoms with Crippen molar-refractivity contribution in [2.45, 2.75) is 31.7 Å². The molecule has 0 saturated carbocycles. The second-order valence-corrected chi connectivity index (χ2v) is 8.43. The van der Waals surface area contributed by atoms with Crippen molar-refractivity contribution in [1.82, 2.24) is 9.62 Å². The number of nitrogens with zero attached hydrogens (tertiary/aromatic N) is 1. The lowest BCUT2D eigenvalue weighted by Gasteiger charge is -2.18. The van der Waals surface area contributed by atoms with Gasteiger partial charge in [0.2, 0.25) is 10.0 Å². The van der Waals surface area contributed by atoms with Gasteiger partial charge in [0.1, 0.15) is 0 Å². The minimum atomic E-state index is -3.61. The second-order valence-electron chi connectivity index (χ2n) is 6.31. The summed E-state index contributed by atoms with van der Waals surface area (Å²) in [6, 6.07) is 12.6. The Kier molecular flexibility index (Phi) is 5.65. The van der Waals surface area contributed by atoms with Crippen LogP contribution >= 0.6 is 0 Å². The van der Waals surface area contributed by atoms with E-state index >= 15 is 0 Å². The average Bonchev–Trinajstić information content (AvgIpc) is 2.57. The van der Waals surface area contributed by atoms with Crippen LogP contribution in [-0.4, -0.2) is 32.7 Å². The van der Waals surface area contributed by atoms with Gasteiger partial charge in [-0.3, -0.25) is 4.79 Å². The number of aryl methyl sites for hydroxylation is 1. The van der Waals surface area contributed by atoms with Crippen LogP contribution in [0.15, 0.2) is 47.4 Å². The number of sulfonamides is 1. The molecule has 1 N–H and O–H groups in total. The van der Waals surface area contributed by atoms with Crippen molar-refractivity contribution in [3.63, 3.8) is 0 Å². The smallest absolute Gasteiger partial charge is 0.251 e. The number of carbonyl (C=O) groups is 1. The van der Waals surface area contributed by atoms with E-state index in [1.807, 2.05) is 37.3 Å². The van der Waals surface area contributed by atoms with Crippen molar-refractivity contribution in [2.75, 3.05) is 14.1 Å². The van der Waals surface area contributed by atoms with E-state index in [9.17, 15) is 13.2 Å². The fourth-order valence-corrected chi connectivity index (χ4v) is 3.74. The molecule has 5 nitrogen and oxygen atoms in total. The lowest BCUT2D eigenvalue weighted by molar-refractivity contribution is 0.0939. The number of hydrogen-bond acceptors (Lipinski definition) is 3. The molecule has 0 saturated heterocycles. The highest BCUT2D eigenvalue weighted by Crippen LogP contribution is 2.24. The van der Waals surface area contributed by atoms with Gasteiger partial charge in [0.15, 0.2) is 0 Å². The van der Waals surface area contributed by atoms with Crippen LogP contribution in [0.3, 0.4) is 0 Å². The molecule has 0 heterocycles. The first kappa shape index (κ1) is 19.1. The minimum Gasteiger partial charge on any atom is -0.346 e.